The first kappa shape index (κ1) is 38.3. The van der Waals surface area contributed by atoms with Crippen LogP contribution in [0.15, 0.2) is 212 Å². The lowest BCUT2D eigenvalue weighted by molar-refractivity contribution is 0.632. The number of fused-ring (bicyclic) bond motifs is 5. The molecule has 10 aromatic rings. The van der Waals surface area contributed by atoms with Crippen LogP contribution in [0.25, 0.3) is 54.6 Å². The number of hydrogen-bond donors (Lipinski definition) is 0. The molecule has 0 saturated heterocycles. The molecule has 5 heteroatoms. The van der Waals surface area contributed by atoms with Gasteiger partial charge in [-0.15, -0.1) is 0 Å². The lowest BCUT2D eigenvalue weighted by Crippen LogP contribution is -2.30. The summed E-state index contributed by atoms with van der Waals surface area (Å²) < 4.78 is 2.41. The minimum absolute atomic E-state index is 0.233. The van der Waals surface area contributed by atoms with Crippen LogP contribution in [0.3, 0.4) is 0 Å². The number of rotatable bonds is 7. The van der Waals surface area contributed by atoms with E-state index < -0.39 is 0 Å². The Labute approximate surface area is 373 Å². The van der Waals surface area contributed by atoms with Gasteiger partial charge < -0.3 is 14.4 Å². The number of aromatic nitrogens is 1. The Morgan fingerprint density at radius 3 is 1.48 bits per heavy atom. The van der Waals surface area contributed by atoms with Gasteiger partial charge in [0, 0.05) is 27.6 Å². The molecule has 1 aliphatic heterocycles. The van der Waals surface area contributed by atoms with E-state index in [2.05, 4.69) is 203 Å². The van der Waals surface area contributed by atoms with Gasteiger partial charge in [-0.3, -0.25) is 0 Å². The molecule has 5 nitrogen and oxygen atoms in total. The predicted octanol–water partition coefficient (Wildman–Crippen LogP) is 16.1. The minimum atomic E-state index is -0.233. The summed E-state index contributed by atoms with van der Waals surface area (Å²) in [7, 11) is 0. The second-order valence-corrected chi connectivity index (χ2v) is 16.9. The fraction of sp³-hybridized carbons (Fsp3) is 0.0508. The number of anilines is 6. The van der Waals surface area contributed by atoms with E-state index in [4.69, 9.17) is 6.57 Å². The second-order valence-electron chi connectivity index (χ2n) is 16.9. The molecule has 0 amide bonds. The molecule has 64 heavy (non-hydrogen) atoms. The summed E-state index contributed by atoms with van der Waals surface area (Å²) in [5, 5.41) is 12.1. The molecule has 0 saturated carbocycles. The average Bonchev–Trinajstić information content (AvgIpc) is 3.68. The van der Waals surface area contributed by atoms with Gasteiger partial charge in [-0.05, 0) is 124 Å². The highest BCUT2D eigenvalue weighted by atomic mass is 15.2. The molecule has 9 aromatic carbocycles. The number of nitrogens with zero attached hydrogens (tertiary/aromatic N) is 5. The molecule has 1 aromatic heterocycles. The number of benzene rings is 9. The van der Waals surface area contributed by atoms with E-state index in [1.807, 2.05) is 48.5 Å². The third-order valence-corrected chi connectivity index (χ3v) is 12.8. The maximum Gasteiger partial charge on any atom is 0.187 e. The van der Waals surface area contributed by atoms with E-state index in [-0.39, 0.29) is 5.41 Å². The first-order valence-electron chi connectivity index (χ1n) is 21.5. The maximum atomic E-state index is 9.82. The van der Waals surface area contributed by atoms with Gasteiger partial charge >= 0.3 is 0 Å². The first-order valence-corrected chi connectivity index (χ1v) is 21.5. The largest absolute Gasteiger partial charge is 0.310 e. The predicted molar refractivity (Wildman–Crippen MR) is 264 cm³/mol. The van der Waals surface area contributed by atoms with Gasteiger partial charge in [0.25, 0.3) is 0 Å². The molecule has 0 radical (unpaired) electrons. The van der Waals surface area contributed by atoms with Crippen molar-refractivity contribution in [3.05, 3.63) is 240 Å². The molecule has 0 spiro atoms. The van der Waals surface area contributed by atoms with Gasteiger partial charge in [0.15, 0.2) is 5.69 Å². The van der Waals surface area contributed by atoms with Crippen LogP contribution in [0.1, 0.15) is 30.5 Å². The zero-order valence-electron chi connectivity index (χ0n) is 35.4. The molecule has 2 heterocycles. The summed E-state index contributed by atoms with van der Waals surface area (Å²) in [6.07, 6.45) is 0. The topological polar surface area (TPSA) is 39.6 Å². The minimum Gasteiger partial charge on any atom is -0.310 e. The SMILES string of the molecule is [C-]#[N+]c1ccc(N(c2ccc(C#N)cc2)c2cc(N3c4ccccc4C(C)(C)c4ccccc43)cc(-n3c4ccc(-c5ccccc5)cc4c4cc(-c5ccccc5)ccc43)c2)cc1. The fourth-order valence-corrected chi connectivity index (χ4v) is 9.64. The number of hydrogen-bond acceptors (Lipinski definition) is 3. The molecule has 0 N–H and O–H groups in total. The van der Waals surface area contributed by atoms with Gasteiger partial charge in [-0.2, -0.15) is 5.26 Å². The Kier molecular flexibility index (Phi) is 9.19. The number of nitriles is 1. The van der Waals surface area contributed by atoms with Crippen LogP contribution in [0.5, 0.6) is 0 Å². The van der Waals surface area contributed by atoms with Crippen LogP contribution in [-0.2, 0) is 5.41 Å². The lowest BCUT2D eigenvalue weighted by atomic mass is 9.73. The zero-order chi connectivity index (χ0) is 43.4. The van der Waals surface area contributed by atoms with E-state index in [0.717, 1.165) is 72.7 Å². The fourth-order valence-electron chi connectivity index (χ4n) is 9.64. The van der Waals surface area contributed by atoms with E-state index in [1.165, 1.54) is 22.3 Å². The van der Waals surface area contributed by atoms with E-state index in [0.29, 0.717) is 11.3 Å². The zero-order valence-corrected chi connectivity index (χ0v) is 35.4. The van der Waals surface area contributed by atoms with Crippen LogP contribution in [0.2, 0.25) is 0 Å². The van der Waals surface area contributed by atoms with Crippen LogP contribution in [0.4, 0.5) is 39.8 Å². The highest BCUT2D eigenvalue weighted by Gasteiger charge is 2.37. The van der Waals surface area contributed by atoms with Crippen LogP contribution in [-0.4, -0.2) is 4.57 Å². The van der Waals surface area contributed by atoms with Crippen molar-refractivity contribution in [3.8, 4) is 34.0 Å². The molecular weight excluding hydrogens is 779 g/mol. The third kappa shape index (κ3) is 6.39. The maximum absolute atomic E-state index is 9.82. The molecule has 11 rings (SSSR count). The van der Waals surface area contributed by atoms with Crippen molar-refractivity contribution in [2.24, 2.45) is 0 Å². The molecule has 1 aliphatic rings. The first-order chi connectivity index (χ1) is 31.4. The average molecular weight is 820 g/mol. The smallest absolute Gasteiger partial charge is 0.187 e. The van der Waals surface area contributed by atoms with E-state index >= 15 is 0 Å². The highest BCUT2D eigenvalue weighted by Crippen LogP contribution is 2.53. The quantitative estimate of drug-likeness (QED) is 0.150. The summed E-state index contributed by atoms with van der Waals surface area (Å²) in [6.45, 7) is 12.3. The summed E-state index contributed by atoms with van der Waals surface area (Å²) in [4.78, 5) is 8.35. The third-order valence-electron chi connectivity index (χ3n) is 12.8. The Hall–Kier alpha value is -8.64. The molecule has 302 valence electrons. The van der Waals surface area contributed by atoms with Crippen molar-refractivity contribution in [1.82, 2.24) is 4.57 Å². The standard InChI is InChI=1S/C59H41N5/c1-59(2)53-18-10-12-20-57(53)64(58-21-13-11-19-54(58)59)50-37-48(62(46-28-22-40(39-60)23-29-46)47-30-26-45(61-3)27-31-47)36-49(38-50)63-55-32-24-43(41-14-6-4-7-15-41)34-51(55)52-35-44(25-33-56(52)63)42-16-8-5-9-17-42/h4-38H,1-2H3. The van der Waals surface area contributed by atoms with Gasteiger partial charge in [0.1, 0.15) is 0 Å². The Balaban J connectivity index is 1.23. The van der Waals surface area contributed by atoms with E-state index in [1.54, 1.807) is 0 Å². The highest BCUT2D eigenvalue weighted by molar-refractivity contribution is 6.12. The summed E-state index contributed by atoms with van der Waals surface area (Å²) in [6, 6.07) is 77.0. The molecule has 0 unspecified atom stereocenters. The van der Waals surface area contributed by atoms with Crippen molar-refractivity contribution >= 4 is 61.6 Å². The Morgan fingerprint density at radius 2 is 0.969 bits per heavy atom. The molecule has 0 fully saturated rings. The van der Waals surface area contributed by atoms with Crippen molar-refractivity contribution in [3.63, 3.8) is 0 Å². The van der Waals surface area contributed by atoms with Crippen LogP contribution in [0, 0.1) is 17.9 Å². The molecule has 0 atom stereocenters. The molecule has 0 bridgehead atoms. The van der Waals surface area contributed by atoms with Gasteiger partial charge in [0.2, 0.25) is 0 Å². The van der Waals surface area contributed by atoms with Crippen molar-refractivity contribution in [1.29, 1.82) is 5.26 Å². The van der Waals surface area contributed by atoms with Crippen molar-refractivity contribution in [2.45, 2.75) is 19.3 Å². The lowest BCUT2D eigenvalue weighted by Gasteiger charge is -2.42. The monoisotopic (exact) mass is 819 g/mol. The van der Waals surface area contributed by atoms with Gasteiger partial charge in [-0.25, -0.2) is 4.85 Å². The van der Waals surface area contributed by atoms with Crippen LogP contribution >= 0.6 is 0 Å². The van der Waals surface area contributed by atoms with Crippen LogP contribution < -0.4 is 9.80 Å². The summed E-state index contributed by atoms with van der Waals surface area (Å²) in [5.74, 6) is 0. The van der Waals surface area contributed by atoms with Crippen molar-refractivity contribution < 1.29 is 0 Å². The molecular formula is C59H41N5. The number of para-hydroxylation sites is 2. The summed E-state index contributed by atoms with van der Waals surface area (Å²) in [5.41, 5.74) is 17.2. The van der Waals surface area contributed by atoms with E-state index in [9.17, 15) is 5.26 Å². The van der Waals surface area contributed by atoms with Gasteiger partial charge in [0.05, 0.1) is 57.7 Å². The molecule has 0 aliphatic carbocycles. The normalized spacial score (nSPS) is 12.6. The second kappa shape index (κ2) is 15.4. The summed E-state index contributed by atoms with van der Waals surface area (Å²) >= 11 is 0. The van der Waals surface area contributed by atoms with Crippen molar-refractivity contribution in [2.75, 3.05) is 9.80 Å². The van der Waals surface area contributed by atoms with Gasteiger partial charge in [-0.1, -0.05) is 135 Å². The Morgan fingerprint density at radius 1 is 0.484 bits per heavy atom. The Bertz CT molecular complexity index is 3280.